The molecule has 5 heteroatoms. The molecule has 1 aliphatic rings. The van der Waals surface area contributed by atoms with E-state index in [0.717, 1.165) is 24.9 Å². The summed E-state index contributed by atoms with van der Waals surface area (Å²) < 4.78 is 0. The van der Waals surface area contributed by atoms with Crippen LogP contribution in [0, 0.1) is 0 Å². The number of benzene rings is 2. The monoisotopic (exact) mass is 383 g/mol. The summed E-state index contributed by atoms with van der Waals surface area (Å²) in [5.41, 5.74) is 7.27. The van der Waals surface area contributed by atoms with E-state index < -0.39 is 12.1 Å². The lowest BCUT2D eigenvalue weighted by Gasteiger charge is -2.36. The normalized spacial score (nSPS) is 20.2. The standard InChI is InChI=1S/C23H33N3O2/c1-23(2,3)26-12-6-9-20(26)22(28)25-15-21(27)19(24)14-16-10-11-17-7-4-5-8-18(17)13-16/h4-5,7-8,10-11,13,19-21,27H,6,9,12,14-15,24H2,1-3H3,(H,25,28)/t19-,20-,21+/m0/s1. The van der Waals surface area contributed by atoms with Crippen molar-refractivity contribution in [2.75, 3.05) is 13.1 Å². The number of carbonyl (C=O) groups excluding carboxylic acids is 1. The van der Waals surface area contributed by atoms with Crippen molar-refractivity contribution in [2.45, 2.75) is 63.8 Å². The van der Waals surface area contributed by atoms with E-state index in [1.165, 1.54) is 10.8 Å². The predicted molar refractivity (Wildman–Crippen MR) is 114 cm³/mol. The smallest absolute Gasteiger partial charge is 0.237 e. The van der Waals surface area contributed by atoms with Gasteiger partial charge in [0.05, 0.1) is 12.1 Å². The van der Waals surface area contributed by atoms with Crippen LogP contribution in [0.1, 0.15) is 39.2 Å². The van der Waals surface area contributed by atoms with Crippen LogP contribution in [-0.4, -0.2) is 52.7 Å². The molecule has 2 aromatic rings. The van der Waals surface area contributed by atoms with E-state index in [1.54, 1.807) is 0 Å². The molecule has 0 spiro atoms. The third kappa shape index (κ3) is 4.90. The Balaban J connectivity index is 1.53. The molecular weight excluding hydrogens is 350 g/mol. The van der Waals surface area contributed by atoms with Crippen LogP contribution in [0.25, 0.3) is 10.8 Å². The molecule has 1 saturated heterocycles. The minimum atomic E-state index is -0.778. The molecule has 1 heterocycles. The van der Waals surface area contributed by atoms with E-state index in [1.807, 2.05) is 18.2 Å². The molecule has 1 fully saturated rings. The van der Waals surface area contributed by atoms with Crippen molar-refractivity contribution in [3.05, 3.63) is 48.0 Å². The molecule has 5 nitrogen and oxygen atoms in total. The van der Waals surface area contributed by atoms with Gasteiger partial charge in [-0.15, -0.1) is 0 Å². The van der Waals surface area contributed by atoms with E-state index in [0.29, 0.717) is 6.42 Å². The first kappa shape index (κ1) is 20.8. The first-order chi connectivity index (χ1) is 13.3. The zero-order chi connectivity index (χ0) is 20.3. The van der Waals surface area contributed by atoms with Crippen LogP contribution < -0.4 is 11.1 Å². The van der Waals surface area contributed by atoms with E-state index in [4.69, 9.17) is 5.73 Å². The average Bonchev–Trinajstić information content (AvgIpc) is 3.16. The van der Waals surface area contributed by atoms with Crippen LogP contribution in [0.4, 0.5) is 0 Å². The third-order valence-corrected chi connectivity index (χ3v) is 5.68. The van der Waals surface area contributed by atoms with Crippen molar-refractivity contribution in [3.8, 4) is 0 Å². The van der Waals surface area contributed by atoms with Crippen molar-refractivity contribution < 1.29 is 9.90 Å². The first-order valence-electron chi connectivity index (χ1n) is 10.2. The quantitative estimate of drug-likeness (QED) is 0.716. The molecule has 3 rings (SSSR count). The fourth-order valence-corrected chi connectivity index (χ4v) is 4.09. The Kier molecular flexibility index (Phi) is 6.38. The van der Waals surface area contributed by atoms with Crippen LogP contribution in [-0.2, 0) is 11.2 Å². The zero-order valence-corrected chi connectivity index (χ0v) is 17.2. The number of nitrogens with two attached hydrogens (primary N) is 1. The average molecular weight is 384 g/mol. The summed E-state index contributed by atoms with van der Waals surface area (Å²) in [4.78, 5) is 14.9. The van der Waals surface area contributed by atoms with E-state index in [2.05, 4.69) is 55.3 Å². The summed E-state index contributed by atoms with van der Waals surface area (Å²) in [6.07, 6.45) is 1.68. The van der Waals surface area contributed by atoms with Gasteiger partial charge in [-0.25, -0.2) is 0 Å². The lowest BCUT2D eigenvalue weighted by molar-refractivity contribution is -0.127. The molecule has 3 atom stereocenters. The second-order valence-corrected chi connectivity index (χ2v) is 8.88. The van der Waals surface area contributed by atoms with Gasteiger partial charge in [0.15, 0.2) is 0 Å². The van der Waals surface area contributed by atoms with E-state index in [9.17, 15) is 9.90 Å². The maximum Gasteiger partial charge on any atom is 0.237 e. The van der Waals surface area contributed by atoms with Gasteiger partial charge in [0, 0.05) is 18.1 Å². The van der Waals surface area contributed by atoms with Crippen LogP contribution >= 0.6 is 0 Å². The van der Waals surface area contributed by atoms with Crippen molar-refractivity contribution >= 4 is 16.7 Å². The SMILES string of the molecule is CC(C)(C)N1CCC[C@H]1C(=O)NC[C@@H](O)[C@@H](N)Cc1ccc2ccccc2c1. The topological polar surface area (TPSA) is 78.6 Å². The molecule has 4 N–H and O–H groups in total. The summed E-state index contributed by atoms with van der Waals surface area (Å²) >= 11 is 0. The lowest BCUT2D eigenvalue weighted by Crippen LogP contribution is -2.53. The number of carbonyl (C=O) groups is 1. The molecule has 0 aliphatic carbocycles. The van der Waals surface area contributed by atoms with Crippen LogP contribution in [0.15, 0.2) is 42.5 Å². The molecule has 1 aliphatic heterocycles. The summed E-state index contributed by atoms with van der Waals surface area (Å²) in [5, 5.41) is 15.7. The van der Waals surface area contributed by atoms with Crippen molar-refractivity contribution in [1.29, 1.82) is 0 Å². The van der Waals surface area contributed by atoms with Crippen molar-refractivity contribution in [2.24, 2.45) is 5.73 Å². The number of aliphatic hydroxyl groups excluding tert-OH is 1. The number of nitrogens with zero attached hydrogens (tertiary/aromatic N) is 1. The first-order valence-corrected chi connectivity index (χ1v) is 10.2. The van der Waals surface area contributed by atoms with E-state index in [-0.39, 0.29) is 24.0 Å². The summed E-state index contributed by atoms with van der Waals surface area (Å²) in [6.45, 7) is 7.51. The Morgan fingerprint density at radius 2 is 1.96 bits per heavy atom. The molecule has 152 valence electrons. The van der Waals surface area contributed by atoms with Gasteiger partial charge < -0.3 is 16.2 Å². The fourth-order valence-electron chi connectivity index (χ4n) is 4.09. The molecule has 0 aromatic heterocycles. The summed E-state index contributed by atoms with van der Waals surface area (Å²) in [5.74, 6) is -0.00983. The zero-order valence-electron chi connectivity index (χ0n) is 17.2. The van der Waals surface area contributed by atoms with Gasteiger partial charge in [0.25, 0.3) is 0 Å². The van der Waals surface area contributed by atoms with Gasteiger partial charge in [-0.3, -0.25) is 9.69 Å². The summed E-state index contributed by atoms with van der Waals surface area (Å²) in [7, 11) is 0. The van der Waals surface area contributed by atoms with Crippen LogP contribution in [0.3, 0.4) is 0 Å². The molecule has 0 radical (unpaired) electrons. The van der Waals surface area contributed by atoms with Gasteiger partial charge in [-0.1, -0.05) is 42.5 Å². The highest BCUT2D eigenvalue weighted by atomic mass is 16.3. The number of fused-ring (bicyclic) bond motifs is 1. The Hall–Kier alpha value is -1.95. The van der Waals surface area contributed by atoms with Crippen molar-refractivity contribution in [3.63, 3.8) is 0 Å². The Bertz CT molecular complexity index is 815. The fraction of sp³-hybridized carbons (Fsp3) is 0.522. The number of rotatable bonds is 6. The molecule has 0 unspecified atom stereocenters. The number of amides is 1. The van der Waals surface area contributed by atoms with Gasteiger partial charge in [-0.2, -0.15) is 0 Å². The minimum absolute atomic E-state index is 0.00983. The molecule has 2 aromatic carbocycles. The van der Waals surface area contributed by atoms with Crippen molar-refractivity contribution in [1.82, 2.24) is 10.2 Å². The highest BCUT2D eigenvalue weighted by Crippen LogP contribution is 2.26. The van der Waals surface area contributed by atoms with Crippen LogP contribution in [0.5, 0.6) is 0 Å². The Labute approximate surface area is 167 Å². The maximum absolute atomic E-state index is 12.6. The highest BCUT2D eigenvalue weighted by molar-refractivity contribution is 5.83. The number of hydrogen-bond acceptors (Lipinski definition) is 4. The van der Waals surface area contributed by atoms with Gasteiger partial charge in [0.1, 0.15) is 0 Å². The molecular formula is C23H33N3O2. The highest BCUT2D eigenvalue weighted by Gasteiger charge is 2.37. The number of nitrogens with one attached hydrogen (secondary N) is 1. The Morgan fingerprint density at radius 1 is 1.25 bits per heavy atom. The Morgan fingerprint density at radius 3 is 2.68 bits per heavy atom. The summed E-state index contributed by atoms with van der Waals surface area (Å²) in [6, 6.07) is 13.9. The molecule has 28 heavy (non-hydrogen) atoms. The van der Waals surface area contributed by atoms with Gasteiger partial charge in [-0.05, 0) is 62.9 Å². The van der Waals surface area contributed by atoms with E-state index >= 15 is 0 Å². The number of likely N-dealkylation sites (tertiary alicyclic amines) is 1. The number of hydrogen-bond donors (Lipinski definition) is 3. The largest absolute Gasteiger partial charge is 0.390 e. The predicted octanol–water partition coefficient (Wildman–Crippen LogP) is 2.45. The maximum atomic E-state index is 12.6. The minimum Gasteiger partial charge on any atom is -0.390 e. The number of aliphatic hydroxyl groups is 1. The van der Waals surface area contributed by atoms with Gasteiger partial charge >= 0.3 is 0 Å². The molecule has 0 bridgehead atoms. The van der Waals surface area contributed by atoms with Crippen LogP contribution in [0.2, 0.25) is 0 Å². The third-order valence-electron chi connectivity index (χ3n) is 5.68. The molecule has 0 saturated carbocycles. The second kappa shape index (κ2) is 8.60. The lowest BCUT2D eigenvalue weighted by atomic mass is 9.99. The second-order valence-electron chi connectivity index (χ2n) is 8.88. The molecule has 1 amide bonds. The van der Waals surface area contributed by atoms with Gasteiger partial charge in [0.2, 0.25) is 5.91 Å².